The average Bonchev–Trinajstić information content (AvgIpc) is 2.85. The molecule has 20 heavy (non-hydrogen) atoms. The van der Waals surface area contributed by atoms with Gasteiger partial charge in [-0.1, -0.05) is 30.0 Å². The van der Waals surface area contributed by atoms with Crippen LogP contribution in [0.2, 0.25) is 0 Å². The second kappa shape index (κ2) is 5.54. The smallest absolute Gasteiger partial charge is 0.119 e. The van der Waals surface area contributed by atoms with Gasteiger partial charge in [0.2, 0.25) is 0 Å². The van der Waals surface area contributed by atoms with Gasteiger partial charge in [0.1, 0.15) is 5.03 Å². The van der Waals surface area contributed by atoms with Crippen LogP contribution in [-0.2, 0) is 12.3 Å². The number of hydrogen-bond acceptors (Lipinski definition) is 4. The Labute approximate surface area is 122 Å². The van der Waals surface area contributed by atoms with Crippen molar-refractivity contribution in [2.45, 2.75) is 24.2 Å². The van der Waals surface area contributed by atoms with Crippen molar-refractivity contribution in [1.82, 2.24) is 14.8 Å². The van der Waals surface area contributed by atoms with Crippen molar-refractivity contribution < 1.29 is 0 Å². The molecule has 0 saturated heterocycles. The molecule has 0 aliphatic carbocycles. The van der Waals surface area contributed by atoms with Crippen LogP contribution in [0.4, 0.5) is 5.69 Å². The van der Waals surface area contributed by atoms with Crippen LogP contribution in [0.25, 0.3) is 10.9 Å². The molecule has 0 amide bonds. The van der Waals surface area contributed by atoms with E-state index in [-0.39, 0.29) is 0 Å². The molecule has 0 atom stereocenters. The van der Waals surface area contributed by atoms with Crippen molar-refractivity contribution in [2.24, 2.45) is 0 Å². The third kappa shape index (κ3) is 2.36. The van der Waals surface area contributed by atoms with E-state index < -0.39 is 0 Å². The lowest BCUT2D eigenvalue weighted by Crippen LogP contribution is -1.96. The van der Waals surface area contributed by atoms with Gasteiger partial charge in [-0.15, -0.1) is 0 Å². The molecule has 4 nitrogen and oxygen atoms in total. The quantitative estimate of drug-likeness (QED) is 0.747. The molecular weight excluding hydrogens is 268 g/mol. The zero-order valence-electron chi connectivity index (χ0n) is 11.3. The summed E-state index contributed by atoms with van der Waals surface area (Å²) in [4.78, 5) is 4.30. The van der Waals surface area contributed by atoms with E-state index >= 15 is 0 Å². The molecule has 0 fully saturated rings. The Kier molecular flexibility index (Phi) is 3.60. The Hall–Kier alpha value is -2.01. The lowest BCUT2D eigenvalue weighted by atomic mass is 10.2. The molecule has 0 aliphatic rings. The number of benzene rings is 1. The largest absolute Gasteiger partial charge is 0.397 e. The average molecular weight is 284 g/mol. The molecule has 0 spiro atoms. The highest BCUT2D eigenvalue weighted by molar-refractivity contribution is 7.98. The maximum Gasteiger partial charge on any atom is 0.119 e. The fraction of sp³-hybridized carbons (Fsp3) is 0.200. The van der Waals surface area contributed by atoms with Crippen LogP contribution >= 0.6 is 11.8 Å². The van der Waals surface area contributed by atoms with E-state index in [1.165, 1.54) is 10.9 Å². The molecule has 0 aliphatic heterocycles. The molecule has 1 aromatic carbocycles. The molecule has 0 unspecified atom stereocenters. The summed E-state index contributed by atoms with van der Waals surface area (Å²) in [6.45, 7) is 2.98. The van der Waals surface area contributed by atoms with Crippen LogP contribution < -0.4 is 5.73 Å². The lowest BCUT2D eigenvalue weighted by molar-refractivity contribution is 0.675. The summed E-state index contributed by atoms with van der Waals surface area (Å²) in [7, 11) is 0. The van der Waals surface area contributed by atoms with Crippen LogP contribution in [-0.4, -0.2) is 14.8 Å². The van der Waals surface area contributed by atoms with Crippen molar-refractivity contribution in [3.05, 3.63) is 48.3 Å². The van der Waals surface area contributed by atoms with E-state index in [9.17, 15) is 0 Å². The molecule has 3 aromatic rings. The topological polar surface area (TPSA) is 56.7 Å². The summed E-state index contributed by atoms with van der Waals surface area (Å²) in [5.41, 5.74) is 8.90. The molecule has 102 valence electrons. The Balaban J connectivity index is 1.90. The normalized spacial score (nSPS) is 11.1. The molecule has 3 rings (SSSR count). The van der Waals surface area contributed by atoms with E-state index in [4.69, 9.17) is 5.73 Å². The van der Waals surface area contributed by atoms with Gasteiger partial charge in [-0.2, -0.15) is 5.10 Å². The third-order valence-corrected chi connectivity index (χ3v) is 4.21. The maximum atomic E-state index is 5.92. The number of nitrogens with two attached hydrogens (primary N) is 1. The second-order valence-corrected chi connectivity index (χ2v) is 5.43. The number of pyridine rings is 1. The number of nitrogen functional groups attached to an aromatic ring is 1. The van der Waals surface area contributed by atoms with Gasteiger partial charge in [-0.3, -0.25) is 4.68 Å². The number of hydrogen-bond donors (Lipinski definition) is 1. The van der Waals surface area contributed by atoms with Gasteiger partial charge in [0, 0.05) is 23.9 Å². The summed E-state index contributed by atoms with van der Waals surface area (Å²) >= 11 is 1.63. The molecule has 2 aromatic heterocycles. The summed E-state index contributed by atoms with van der Waals surface area (Å²) in [6, 6.07) is 12.0. The van der Waals surface area contributed by atoms with Crippen LogP contribution in [0, 0.1) is 0 Å². The molecule has 0 saturated carbocycles. The highest BCUT2D eigenvalue weighted by Crippen LogP contribution is 2.28. The lowest BCUT2D eigenvalue weighted by Gasteiger charge is -2.02. The number of aryl methyl sites for hydroxylation is 1. The van der Waals surface area contributed by atoms with Gasteiger partial charge >= 0.3 is 0 Å². The number of fused-ring (bicyclic) bond motifs is 1. The SMILES string of the molecule is CCn1nc(CSc2ncccc2N)c2ccccc21. The van der Waals surface area contributed by atoms with Gasteiger partial charge in [-0.25, -0.2) is 4.98 Å². The van der Waals surface area contributed by atoms with Crippen LogP contribution in [0.15, 0.2) is 47.6 Å². The van der Waals surface area contributed by atoms with Crippen molar-refractivity contribution in [1.29, 1.82) is 0 Å². The minimum atomic E-state index is 0.719. The Bertz CT molecular complexity index is 736. The standard InChI is InChI=1S/C15H16N4S/c1-2-19-14-8-4-3-6-11(14)13(18-19)10-20-15-12(16)7-5-9-17-15/h3-9H,2,10,16H2,1H3. The minimum Gasteiger partial charge on any atom is -0.397 e. The number of para-hydroxylation sites is 1. The van der Waals surface area contributed by atoms with Crippen molar-refractivity contribution in [2.75, 3.05) is 5.73 Å². The van der Waals surface area contributed by atoms with E-state index in [0.29, 0.717) is 0 Å². The molecular formula is C15H16N4S. The number of rotatable bonds is 4. The fourth-order valence-electron chi connectivity index (χ4n) is 2.20. The maximum absolute atomic E-state index is 5.92. The van der Waals surface area contributed by atoms with Gasteiger partial charge in [0.15, 0.2) is 0 Å². The number of aromatic nitrogens is 3. The zero-order valence-corrected chi connectivity index (χ0v) is 12.1. The summed E-state index contributed by atoms with van der Waals surface area (Å²) < 4.78 is 2.03. The monoisotopic (exact) mass is 284 g/mol. The molecule has 0 bridgehead atoms. The van der Waals surface area contributed by atoms with Gasteiger partial charge < -0.3 is 5.73 Å². The third-order valence-electron chi connectivity index (χ3n) is 3.18. The molecule has 2 heterocycles. The first-order valence-electron chi connectivity index (χ1n) is 6.57. The second-order valence-electron chi connectivity index (χ2n) is 4.47. The highest BCUT2D eigenvalue weighted by atomic mass is 32.2. The predicted octanol–water partition coefficient (Wildman–Crippen LogP) is 3.33. The number of nitrogens with zero attached hydrogens (tertiary/aromatic N) is 3. The summed E-state index contributed by atoms with van der Waals surface area (Å²) in [5, 5.41) is 6.75. The molecule has 5 heteroatoms. The zero-order chi connectivity index (χ0) is 13.9. The van der Waals surface area contributed by atoms with Gasteiger partial charge in [0.05, 0.1) is 16.9 Å². The first-order chi connectivity index (χ1) is 9.79. The predicted molar refractivity (Wildman–Crippen MR) is 83.6 cm³/mol. The summed E-state index contributed by atoms with van der Waals surface area (Å²) in [5.74, 6) is 0.773. The first kappa shape index (κ1) is 13.0. The minimum absolute atomic E-state index is 0.719. The van der Waals surface area contributed by atoms with E-state index in [1.807, 2.05) is 28.9 Å². The molecule has 0 radical (unpaired) electrons. The Morgan fingerprint density at radius 3 is 2.85 bits per heavy atom. The van der Waals surface area contributed by atoms with Crippen molar-refractivity contribution >= 4 is 28.4 Å². The van der Waals surface area contributed by atoms with Gasteiger partial charge in [0.25, 0.3) is 0 Å². The van der Waals surface area contributed by atoms with Crippen molar-refractivity contribution in [3.8, 4) is 0 Å². The van der Waals surface area contributed by atoms with Gasteiger partial charge in [-0.05, 0) is 25.1 Å². The van der Waals surface area contributed by atoms with Crippen LogP contribution in [0.3, 0.4) is 0 Å². The van der Waals surface area contributed by atoms with E-state index in [0.717, 1.165) is 28.7 Å². The Morgan fingerprint density at radius 2 is 2.05 bits per heavy atom. The van der Waals surface area contributed by atoms with Crippen LogP contribution in [0.5, 0.6) is 0 Å². The fourth-order valence-corrected chi connectivity index (χ4v) is 3.06. The first-order valence-corrected chi connectivity index (χ1v) is 7.56. The molecule has 2 N–H and O–H groups in total. The number of anilines is 1. The van der Waals surface area contributed by atoms with E-state index in [2.05, 4.69) is 29.1 Å². The number of thioether (sulfide) groups is 1. The van der Waals surface area contributed by atoms with Crippen LogP contribution in [0.1, 0.15) is 12.6 Å². The highest BCUT2D eigenvalue weighted by Gasteiger charge is 2.10. The van der Waals surface area contributed by atoms with Crippen molar-refractivity contribution in [3.63, 3.8) is 0 Å². The Morgan fingerprint density at radius 1 is 1.20 bits per heavy atom. The summed E-state index contributed by atoms with van der Waals surface area (Å²) in [6.07, 6.45) is 1.77. The van der Waals surface area contributed by atoms with E-state index in [1.54, 1.807) is 18.0 Å².